The molecule has 0 atom stereocenters. The minimum absolute atomic E-state index is 0.0129. The SMILES string of the molecule is Cc1cc(CNC(=O)CC2(CN)CCCCC2)ccc1F. The first-order chi connectivity index (χ1) is 10.0. The number of carbonyl (C=O) groups is 1. The Balaban J connectivity index is 1.87. The molecule has 3 nitrogen and oxygen atoms in total. The molecule has 0 aromatic heterocycles. The molecule has 21 heavy (non-hydrogen) atoms. The van der Waals surface area contributed by atoms with Gasteiger partial charge >= 0.3 is 0 Å². The molecule has 0 unspecified atom stereocenters. The van der Waals surface area contributed by atoms with E-state index in [1.807, 2.05) is 0 Å². The van der Waals surface area contributed by atoms with Gasteiger partial charge in [0.25, 0.3) is 0 Å². The second-order valence-electron chi connectivity index (χ2n) is 6.30. The molecule has 4 heteroatoms. The molecule has 0 radical (unpaired) electrons. The Morgan fingerprint density at radius 3 is 2.67 bits per heavy atom. The second kappa shape index (κ2) is 7.03. The van der Waals surface area contributed by atoms with E-state index in [1.54, 1.807) is 19.1 Å². The lowest BCUT2D eigenvalue weighted by molar-refractivity contribution is -0.124. The molecular formula is C17H25FN2O. The average molecular weight is 292 g/mol. The summed E-state index contributed by atoms with van der Waals surface area (Å²) in [5, 5.41) is 2.94. The van der Waals surface area contributed by atoms with Gasteiger partial charge in [0.1, 0.15) is 5.82 Å². The van der Waals surface area contributed by atoms with Gasteiger partial charge in [-0.25, -0.2) is 4.39 Å². The van der Waals surface area contributed by atoms with E-state index in [9.17, 15) is 9.18 Å². The summed E-state index contributed by atoms with van der Waals surface area (Å²) in [7, 11) is 0. The average Bonchev–Trinajstić information content (AvgIpc) is 2.49. The van der Waals surface area contributed by atoms with Crippen LogP contribution in [-0.4, -0.2) is 12.5 Å². The van der Waals surface area contributed by atoms with Gasteiger partial charge in [-0.15, -0.1) is 0 Å². The van der Waals surface area contributed by atoms with Gasteiger partial charge in [-0.2, -0.15) is 0 Å². The number of nitrogens with one attached hydrogen (secondary N) is 1. The molecule has 1 fully saturated rings. The predicted molar refractivity (Wildman–Crippen MR) is 82.2 cm³/mol. The van der Waals surface area contributed by atoms with Gasteiger partial charge in [-0.05, 0) is 48.9 Å². The van der Waals surface area contributed by atoms with Gasteiger partial charge in [0.15, 0.2) is 0 Å². The van der Waals surface area contributed by atoms with E-state index in [4.69, 9.17) is 5.73 Å². The molecule has 1 amide bonds. The monoisotopic (exact) mass is 292 g/mol. The number of hydrogen-bond donors (Lipinski definition) is 2. The summed E-state index contributed by atoms with van der Waals surface area (Å²) < 4.78 is 13.2. The number of halogens is 1. The topological polar surface area (TPSA) is 55.1 Å². The zero-order valence-corrected chi connectivity index (χ0v) is 12.8. The van der Waals surface area contributed by atoms with Crippen molar-refractivity contribution in [1.82, 2.24) is 5.32 Å². The van der Waals surface area contributed by atoms with Gasteiger partial charge in [0.2, 0.25) is 5.91 Å². The molecule has 1 aliphatic carbocycles. The molecule has 1 saturated carbocycles. The van der Waals surface area contributed by atoms with Crippen molar-refractivity contribution in [2.45, 2.75) is 52.0 Å². The molecule has 2 rings (SSSR count). The molecule has 0 heterocycles. The number of aryl methyl sites for hydroxylation is 1. The van der Waals surface area contributed by atoms with E-state index in [0.717, 1.165) is 18.4 Å². The van der Waals surface area contributed by atoms with Gasteiger partial charge in [-0.3, -0.25) is 4.79 Å². The number of amides is 1. The third-order valence-electron chi connectivity index (χ3n) is 4.59. The fourth-order valence-electron chi connectivity index (χ4n) is 3.18. The van der Waals surface area contributed by atoms with E-state index in [0.29, 0.717) is 25.1 Å². The van der Waals surface area contributed by atoms with Crippen molar-refractivity contribution in [2.75, 3.05) is 6.54 Å². The first-order valence-electron chi connectivity index (χ1n) is 7.76. The van der Waals surface area contributed by atoms with Gasteiger partial charge in [-0.1, -0.05) is 31.4 Å². The molecule has 116 valence electrons. The summed E-state index contributed by atoms with van der Waals surface area (Å²) in [5.41, 5.74) is 7.42. The van der Waals surface area contributed by atoms with Crippen molar-refractivity contribution >= 4 is 5.91 Å². The normalized spacial score (nSPS) is 17.5. The Kier molecular flexibility index (Phi) is 5.34. The highest BCUT2D eigenvalue weighted by atomic mass is 19.1. The van der Waals surface area contributed by atoms with Crippen LogP contribution in [0.25, 0.3) is 0 Å². The number of rotatable bonds is 5. The van der Waals surface area contributed by atoms with Crippen molar-refractivity contribution in [2.24, 2.45) is 11.1 Å². The van der Waals surface area contributed by atoms with Crippen molar-refractivity contribution in [3.8, 4) is 0 Å². The van der Waals surface area contributed by atoms with Crippen LogP contribution in [0.15, 0.2) is 18.2 Å². The van der Waals surface area contributed by atoms with Crippen LogP contribution in [0.3, 0.4) is 0 Å². The van der Waals surface area contributed by atoms with Crippen molar-refractivity contribution in [3.63, 3.8) is 0 Å². The fourth-order valence-corrected chi connectivity index (χ4v) is 3.18. The summed E-state index contributed by atoms with van der Waals surface area (Å²) in [6.07, 6.45) is 6.18. The predicted octanol–water partition coefficient (Wildman–Crippen LogP) is 3.05. The van der Waals surface area contributed by atoms with Crippen LogP contribution >= 0.6 is 0 Å². The Bertz CT molecular complexity index is 496. The highest BCUT2D eigenvalue weighted by molar-refractivity contribution is 5.76. The van der Waals surface area contributed by atoms with Crippen LogP contribution in [0.4, 0.5) is 4.39 Å². The maximum absolute atomic E-state index is 13.2. The zero-order valence-electron chi connectivity index (χ0n) is 12.8. The van der Waals surface area contributed by atoms with Crippen LogP contribution in [0.1, 0.15) is 49.7 Å². The molecule has 0 saturated heterocycles. The summed E-state index contributed by atoms with van der Waals surface area (Å²) in [4.78, 5) is 12.2. The van der Waals surface area contributed by atoms with E-state index < -0.39 is 0 Å². The molecule has 1 aromatic rings. The second-order valence-corrected chi connectivity index (χ2v) is 6.30. The molecule has 1 aromatic carbocycles. The Morgan fingerprint density at radius 1 is 1.33 bits per heavy atom. The summed E-state index contributed by atoms with van der Waals surface area (Å²) in [6.45, 7) is 2.75. The lowest BCUT2D eigenvalue weighted by Gasteiger charge is -2.35. The van der Waals surface area contributed by atoms with Crippen LogP contribution in [0, 0.1) is 18.2 Å². The molecular weight excluding hydrogens is 267 g/mol. The summed E-state index contributed by atoms with van der Waals surface area (Å²) in [6, 6.07) is 4.93. The first-order valence-corrected chi connectivity index (χ1v) is 7.76. The summed E-state index contributed by atoms with van der Waals surface area (Å²) >= 11 is 0. The minimum Gasteiger partial charge on any atom is -0.352 e. The molecule has 0 spiro atoms. The molecule has 1 aliphatic rings. The Hall–Kier alpha value is -1.42. The first kappa shape index (κ1) is 16.0. The van der Waals surface area contributed by atoms with E-state index in [1.165, 1.54) is 25.3 Å². The quantitative estimate of drug-likeness (QED) is 0.876. The van der Waals surface area contributed by atoms with Crippen LogP contribution < -0.4 is 11.1 Å². The third kappa shape index (κ3) is 4.27. The standard InChI is InChI=1S/C17H25FN2O/c1-13-9-14(5-6-15(13)18)11-20-16(21)10-17(12-19)7-3-2-4-8-17/h5-6,9H,2-4,7-8,10-12,19H2,1H3,(H,20,21). The Labute approximate surface area is 126 Å². The van der Waals surface area contributed by atoms with Crippen molar-refractivity contribution in [1.29, 1.82) is 0 Å². The highest BCUT2D eigenvalue weighted by Gasteiger charge is 2.32. The molecule has 0 aliphatic heterocycles. The maximum Gasteiger partial charge on any atom is 0.220 e. The largest absolute Gasteiger partial charge is 0.352 e. The number of hydrogen-bond acceptors (Lipinski definition) is 2. The molecule has 0 bridgehead atoms. The van der Waals surface area contributed by atoms with E-state index in [-0.39, 0.29) is 17.1 Å². The maximum atomic E-state index is 13.2. The van der Waals surface area contributed by atoms with Gasteiger partial charge in [0.05, 0.1) is 0 Å². The third-order valence-corrected chi connectivity index (χ3v) is 4.59. The van der Waals surface area contributed by atoms with Crippen molar-refractivity contribution in [3.05, 3.63) is 35.1 Å². The lowest BCUT2D eigenvalue weighted by atomic mass is 9.71. The fraction of sp³-hybridized carbons (Fsp3) is 0.588. The highest BCUT2D eigenvalue weighted by Crippen LogP contribution is 2.38. The lowest BCUT2D eigenvalue weighted by Crippen LogP contribution is -2.38. The minimum atomic E-state index is -0.214. The molecule has 3 N–H and O–H groups in total. The van der Waals surface area contributed by atoms with Gasteiger partial charge in [0, 0.05) is 13.0 Å². The smallest absolute Gasteiger partial charge is 0.220 e. The van der Waals surface area contributed by atoms with Crippen LogP contribution in [0.2, 0.25) is 0 Å². The zero-order chi connectivity index (χ0) is 15.3. The van der Waals surface area contributed by atoms with Crippen molar-refractivity contribution < 1.29 is 9.18 Å². The Morgan fingerprint density at radius 2 is 2.05 bits per heavy atom. The van der Waals surface area contributed by atoms with E-state index >= 15 is 0 Å². The number of nitrogens with two attached hydrogens (primary N) is 1. The number of benzene rings is 1. The number of carbonyl (C=O) groups excluding carboxylic acids is 1. The summed E-state index contributed by atoms with van der Waals surface area (Å²) in [5.74, 6) is -0.168. The van der Waals surface area contributed by atoms with E-state index in [2.05, 4.69) is 5.32 Å². The van der Waals surface area contributed by atoms with Crippen LogP contribution in [-0.2, 0) is 11.3 Å². The van der Waals surface area contributed by atoms with Gasteiger partial charge < -0.3 is 11.1 Å². The van der Waals surface area contributed by atoms with Crippen LogP contribution in [0.5, 0.6) is 0 Å².